The molecule has 1 heterocycles. The summed E-state index contributed by atoms with van der Waals surface area (Å²) in [6.07, 6.45) is 5.27. The third-order valence-corrected chi connectivity index (χ3v) is 2.41. The lowest BCUT2D eigenvalue weighted by atomic mass is 10.2. The lowest BCUT2D eigenvalue weighted by Crippen LogP contribution is -2.08. The minimum Gasteiger partial charge on any atom is -0.432 e. The summed E-state index contributed by atoms with van der Waals surface area (Å²) in [5, 5.41) is 2.55. The first kappa shape index (κ1) is 13.0. The Balaban J connectivity index is 1.92. The van der Waals surface area contributed by atoms with E-state index < -0.39 is 0 Å². The molecule has 3 N–H and O–H groups in total. The van der Waals surface area contributed by atoms with Crippen LogP contribution < -0.4 is 11.1 Å². The number of carbonyl (C=O) groups excluding carboxylic acids is 1. The van der Waals surface area contributed by atoms with Gasteiger partial charge in [-0.2, -0.15) is 4.98 Å². The zero-order valence-electron chi connectivity index (χ0n) is 10.4. The molecule has 0 spiro atoms. The fourth-order valence-corrected chi connectivity index (χ4v) is 1.51. The Morgan fingerprint density at radius 1 is 1.37 bits per heavy atom. The lowest BCUT2D eigenvalue weighted by molar-refractivity contribution is -0.112. The number of benzene rings is 1. The van der Waals surface area contributed by atoms with Gasteiger partial charge in [-0.1, -0.05) is 30.3 Å². The highest BCUT2D eigenvalue weighted by Crippen LogP contribution is 2.08. The number of oxazole rings is 1. The molecule has 0 atom stereocenters. The number of rotatable bonds is 5. The van der Waals surface area contributed by atoms with Crippen molar-refractivity contribution in [1.82, 2.24) is 4.98 Å². The zero-order valence-corrected chi connectivity index (χ0v) is 10.4. The molecule has 0 fully saturated rings. The number of hydrogen-bond acceptors (Lipinski definition) is 4. The number of carbonyl (C=O) groups is 1. The van der Waals surface area contributed by atoms with Crippen molar-refractivity contribution >= 4 is 18.0 Å². The van der Waals surface area contributed by atoms with Gasteiger partial charge in [0.25, 0.3) is 5.91 Å². The van der Waals surface area contributed by atoms with Gasteiger partial charge in [-0.15, -0.1) is 0 Å². The van der Waals surface area contributed by atoms with Crippen molar-refractivity contribution in [3.8, 4) is 0 Å². The average molecular weight is 257 g/mol. The summed E-state index contributed by atoms with van der Waals surface area (Å²) in [5.41, 5.74) is 7.08. The van der Waals surface area contributed by atoms with E-state index in [4.69, 9.17) is 10.2 Å². The van der Waals surface area contributed by atoms with E-state index in [1.807, 2.05) is 30.3 Å². The van der Waals surface area contributed by atoms with Crippen molar-refractivity contribution < 1.29 is 9.21 Å². The van der Waals surface area contributed by atoms with Crippen LogP contribution in [0.2, 0.25) is 0 Å². The lowest BCUT2D eigenvalue weighted by Gasteiger charge is -1.95. The molecule has 5 nitrogen and oxygen atoms in total. The average Bonchev–Trinajstić information content (AvgIpc) is 2.85. The molecule has 1 aromatic heterocycles. The quantitative estimate of drug-likeness (QED) is 0.801. The second-order valence-electron chi connectivity index (χ2n) is 3.92. The second-order valence-corrected chi connectivity index (χ2v) is 3.92. The molecule has 1 aromatic carbocycles. The first-order valence-corrected chi connectivity index (χ1v) is 5.96. The molecule has 0 bridgehead atoms. The molecule has 0 saturated carbocycles. The van der Waals surface area contributed by atoms with Crippen molar-refractivity contribution in [3.05, 3.63) is 53.9 Å². The van der Waals surface area contributed by atoms with Crippen molar-refractivity contribution in [2.75, 3.05) is 11.9 Å². The van der Waals surface area contributed by atoms with Gasteiger partial charge in [-0.25, -0.2) is 0 Å². The van der Waals surface area contributed by atoms with Crippen molar-refractivity contribution in [1.29, 1.82) is 0 Å². The zero-order chi connectivity index (χ0) is 13.5. The number of anilines is 1. The molecule has 0 radical (unpaired) electrons. The predicted octanol–water partition coefficient (Wildman–Crippen LogP) is 1.83. The van der Waals surface area contributed by atoms with Gasteiger partial charge in [0.2, 0.25) is 0 Å². The maximum absolute atomic E-state index is 11.6. The minimum atomic E-state index is -0.287. The predicted molar refractivity (Wildman–Crippen MR) is 73.4 cm³/mol. The highest BCUT2D eigenvalue weighted by molar-refractivity contribution is 6.00. The van der Waals surface area contributed by atoms with Crippen molar-refractivity contribution in [3.63, 3.8) is 0 Å². The number of amides is 1. The molecule has 98 valence electrons. The van der Waals surface area contributed by atoms with Gasteiger partial charge in [-0.05, 0) is 18.2 Å². The number of hydrogen-bond donors (Lipinski definition) is 2. The summed E-state index contributed by atoms with van der Waals surface area (Å²) >= 11 is 0. The van der Waals surface area contributed by atoms with Gasteiger partial charge < -0.3 is 10.2 Å². The third-order valence-electron chi connectivity index (χ3n) is 2.41. The summed E-state index contributed by atoms with van der Waals surface area (Å²) in [4.78, 5) is 15.7. The summed E-state index contributed by atoms with van der Waals surface area (Å²) in [6.45, 7) is 0.494. The monoisotopic (exact) mass is 257 g/mol. The van der Waals surface area contributed by atoms with Crippen molar-refractivity contribution in [2.24, 2.45) is 5.73 Å². The van der Waals surface area contributed by atoms with Crippen LogP contribution in [0, 0.1) is 0 Å². The maximum atomic E-state index is 11.6. The smallest absolute Gasteiger partial charge is 0.301 e. The Kier molecular flexibility index (Phi) is 4.47. The van der Waals surface area contributed by atoms with E-state index in [9.17, 15) is 4.79 Å². The molecule has 2 rings (SSSR count). The van der Waals surface area contributed by atoms with Crippen LogP contribution >= 0.6 is 0 Å². The van der Waals surface area contributed by atoms with E-state index >= 15 is 0 Å². The molecule has 1 amide bonds. The molecular weight excluding hydrogens is 242 g/mol. The summed E-state index contributed by atoms with van der Waals surface area (Å²) in [6, 6.07) is 9.74. The summed E-state index contributed by atoms with van der Waals surface area (Å²) in [7, 11) is 0. The number of nitrogens with two attached hydrogens (primary N) is 1. The Morgan fingerprint density at radius 3 is 2.89 bits per heavy atom. The molecular formula is C14H15N3O2. The first-order valence-electron chi connectivity index (χ1n) is 5.96. The van der Waals surface area contributed by atoms with E-state index in [-0.39, 0.29) is 11.9 Å². The molecule has 0 unspecified atom stereocenters. The number of aromatic nitrogens is 1. The van der Waals surface area contributed by atoms with Crippen LogP contribution in [0.1, 0.15) is 11.3 Å². The highest BCUT2D eigenvalue weighted by Gasteiger charge is 2.05. The summed E-state index contributed by atoms with van der Waals surface area (Å²) in [5.74, 6) is -0.287. The molecule has 0 aliphatic carbocycles. The van der Waals surface area contributed by atoms with Crippen LogP contribution in [0.25, 0.3) is 6.08 Å². The van der Waals surface area contributed by atoms with Crippen LogP contribution in [-0.2, 0) is 11.2 Å². The Labute approximate surface area is 111 Å². The third kappa shape index (κ3) is 4.08. The largest absolute Gasteiger partial charge is 0.432 e. The van der Waals surface area contributed by atoms with E-state index in [0.717, 1.165) is 11.3 Å². The van der Waals surface area contributed by atoms with Gasteiger partial charge in [-0.3, -0.25) is 10.1 Å². The molecule has 0 saturated heterocycles. The van der Waals surface area contributed by atoms with Gasteiger partial charge >= 0.3 is 6.01 Å². The van der Waals surface area contributed by atoms with Gasteiger partial charge in [0.15, 0.2) is 0 Å². The van der Waals surface area contributed by atoms with Gasteiger partial charge in [0, 0.05) is 12.5 Å². The van der Waals surface area contributed by atoms with E-state index in [0.29, 0.717) is 13.0 Å². The standard InChI is InChI=1S/C14H15N3O2/c15-9-8-12-10-19-14(16-12)17-13(18)7-6-11-4-2-1-3-5-11/h1-7,10H,8-9,15H2,(H,16,17,18)/b7-6+. The van der Waals surface area contributed by atoms with Crippen LogP contribution in [0.15, 0.2) is 47.1 Å². The maximum Gasteiger partial charge on any atom is 0.301 e. The van der Waals surface area contributed by atoms with Crippen molar-refractivity contribution in [2.45, 2.75) is 6.42 Å². The van der Waals surface area contributed by atoms with Crippen LogP contribution in [0.3, 0.4) is 0 Å². The van der Waals surface area contributed by atoms with E-state index in [1.54, 1.807) is 6.08 Å². The van der Waals surface area contributed by atoms with Crippen LogP contribution in [0.4, 0.5) is 6.01 Å². The topological polar surface area (TPSA) is 81.1 Å². The first-order chi connectivity index (χ1) is 9.28. The molecule has 19 heavy (non-hydrogen) atoms. The second kappa shape index (κ2) is 6.51. The van der Waals surface area contributed by atoms with Crippen LogP contribution in [0.5, 0.6) is 0 Å². The van der Waals surface area contributed by atoms with Gasteiger partial charge in [0.1, 0.15) is 6.26 Å². The van der Waals surface area contributed by atoms with E-state index in [2.05, 4.69) is 10.3 Å². The fraction of sp³-hybridized carbons (Fsp3) is 0.143. The minimum absolute atomic E-state index is 0.186. The van der Waals surface area contributed by atoms with Crippen LogP contribution in [-0.4, -0.2) is 17.4 Å². The Hall–Kier alpha value is -2.40. The molecule has 0 aliphatic heterocycles. The Bertz CT molecular complexity index is 561. The summed E-state index contributed by atoms with van der Waals surface area (Å²) < 4.78 is 5.11. The molecule has 5 heteroatoms. The normalized spacial score (nSPS) is 10.8. The SMILES string of the molecule is NCCc1coc(NC(=O)/C=C/c2ccccc2)n1. The molecule has 0 aliphatic rings. The van der Waals surface area contributed by atoms with Gasteiger partial charge in [0.05, 0.1) is 5.69 Å². The highest BCUT2D eigenvalue weighted by atomic mass is 16.4. The number of nitrogens with one attached hydrogen (secondary N) is 1. The Morgan fingerprint density at radius 2 is 2.16 bits per heavy atom. The number of nitrogens with zero attached hydrogens (tertiary/aromatic N) is 1. The van der Waals surface area contributed by atoms with E-state index in [1.165, 1.54) is 12.3 Å². The molecule has 2 aromatic rings. The fourth-order valence-electron chi connectivity index (χ4n) is 1.51.